The second-order valence-electron chi connectivity index (χ2n) is 5.37. The molecule has 0 aromatic rings. The second kappa shape index (κ2) is 2.98. The van der Waals surface area contributed by atoms with Crippen LogP contribution in [0.15, 0.2) is 0 Å². The van der Waals surface area contributed by atoms with E-state index in [-0.39, 0.29) is 0 Å². The monoisotopic (exact) mass is 192 g/mol. The van der Waals surface area contributed by atoms with Gasteiger partial charge in [0.25, 0.3) is 0 Å². The van der Waals surface area contributed by atoms with Crippen LogP contribution in [0.2, 0.25) is 0 Å². The molecule has 0 aromatic carbocycles. The summed E-state index contributed by atoms with van der Waals surface area (Å²) < 4.78 is 0. The van der Waals surface area contributed by atoms with Gasteiger partial charge in [0.05, 0.1) is 5.84 Å². The van der Waals surface area contributed by atoms with E-state index in [2.05, 4.69) is 11.8 Å². The molecule has 14 heavy (non-hydrogen) atoms. The van der Waals surface area contributed by atoms with E-state index < -0.39 is 0 Å². The minimum Gasteiger partial charge on any atom is -0.360 e. The van der Waals surface area contributed by atoms with Gasteiger partial charge in [-0.3, -0.25) is 5.41 Å². The molecule has 78 valence electrons. The van der Waals surface area contributed by atoms with Crippen LogP contribution in [0.1, 0.15) is 32.6 Å². The topological polar surface area (TPSA) is 27.1 Å². The average Bonchev–Trinajstić information content (AvgIpc) is 2.87. The van der Waals surface area contributed by atoms with Crippen molar-refractivity contribution in [3.63, 3.8) is 0 Å². The lowest BCUT2D eigenvalue weighted by Gasteiger charge is -2.22. The molecule has 1 saturated heterocycles. The lowest BCUT2D eigenvalue weighted by Crippen LogP contribution is -2.28. The number of hydrogen-bond donors (Lipinski definition) is 1. The van der Waals surface area contributed by atoms with Gasteiger partial charge in [-0.05, 0) is 42.9 Å². The molecule has 2 bridgehead atoms. The molecular weight excluding hydrogens is 172 g/mol. The fourth-order valence-corrected chi connectivity index (χ4v) is 4.13. The normalized spacial score (nSPS) is 44.5. The van der Waals surface area contributed by atoms with Crippen molar-refractivity contribution in [1.82, 2.24) is 4.90 Å². The van der Waals surface area contributed by atoms with Crippen molar-refractivity contribution in [2.24, 2.45) is 23.7 Å². The summed E-state index contributed by atoms with van der Waals surface area (Å²) in [5, 5.41) is 7.89. The molecule has 2 nitrogen and oxygen atoms in total. The summed E-state index contributed by atoms with van der Waals surface area (Å²) in [6.45, 7) is 4.52. The molecule has 4 atom stereocenters. The third-order valence-electron chi connectivity index (χ3n) is 4.85. The minimum atomic E-state index is 0.874. The largest absolute Gasteiger partial charge is 0.360 e. The maximum atomic E-state index is 7.89. The van der Waals surface area contributed by atoms with Crippen LogP contribution >= 0.6 is 0 Å². The highest BCUT2D eigenvalue weighted by Crippen LogP contribution is 2.55. The van der Waals surface area contributed by atoms with Crippen LogP contribution in [0.4, 0.5) is 0 Å². The molecule has 4 unspecified atom stereocenters. The van der Waals surface area contributed by atoms with Crippen LogP contribution in [0.3, 0.4) is 0 Å². The van der Waals surface area contributed by atoms with Crippen LogP contribution < -0.4 is 0 Å². The number of likely N-dealkylation sites (tertiary alicyclic amines) is 1. The summed E-state index contributed by atoms with van der Waals surface area (Å²) in [4.78, 5) is 2.35. The van der Waals surface area contributed by atoms with Gasteiger partial charge in [-0.1, -0.05) is 6.92 Å². The maximum Gasteiger partial charge on any atom is 0.0955 e. The van der Waals surface area contributed by atoms with E-state index in [4.69, 9.17) is 5.41 Å². The van der Waals surface area contributed by atoms with Gasteiger partial charge in [-0.2, -0.15) is 0 Å². The number of nitrogens with one attached hydrogen (secondary N) is 1. The Labute approximate surface area is 86.2 Å². The molecule has 0 radical (unpaired) electrons. The smallest absolute Gasteiger partial charge is 0.0955 e. The zero-order valence-corrected chi connectivity index (χ0v) is 9.00. The zero-order valence-electron chi connectivity index (χ0n) is 9.00. The molecule has 1 aliphatic heterocycles. The van der Waals surface area contributed by atoms with Crippen molar-refractivity contribution in [3.05, 3.63) is 0 Å². The number of amidine groups is 1. The molecule has 1 N–H and O–H groups in total. The lowest BCUT2D eigenvalue weighted by molar-refractivity contribution is 0.281. The SMILES string of the molecule is CCC(=N)N1CC2C3CCC(C3)C2C1. The van der Waals surface area contributed by atoms with Gasteiger partial charge in [-0.25, -0.2) is 0 Å². The fraction of sp³-hybridized carbons (Fsp3) is 0.917. The standard InChI is InChI=1S/C12H20N2/c1-2-12(13)14-6-10-8-3-4-9(5-8)11(10)7-14/h8-11,13H,2-7H2,1H3. The molecule has 3 fully saturated rings. The quantitative estimate of drug-likeness (QED) is 0.501. The van der Waals surface area contributed by atoms with Crippen LogP contribution in [0, 0.1) is 29.1 Å². The molecule has 3 aliphatic rings. The Kier molecular flexibility index (Phi) is 1.86. The number of hydrogen-bond acceptors (Lipinski definition) is 1. The highest BCUT2D eigenvalue weighted by molar-refractivity contribution is 5.79. The molecule has 0 spiro atoms. The second-order valence-corrected chi connectivity index (χ2v) is 5.37. The van der Waals surface area contributed by atoms with E-state index >= 15 is 0 Å². The first kappa shape index (κ1) is 8.75. The molecule has 0 aromatic heterocycles. The first-order chi connectivity index (χ1) is 6.79. The van der Waals surface area contributed by atoms with Gasteiger partial charge in [-0.15, -0.1) is 0 Å². The predicted molar refractivity (Wildman–Crippen MR) is 57.4 cm³/mol. The Balaban J connectivity index is 1.73. The van der Waals surface area contributed by atoms with Crippen LogP contribution in [-0.4, -0.2) is 23.8 Å². The Bertz CT molecular complexity index is 243. The van der Waals surface area contributed by atoms with Gasteiger partial charge in [0, 0.05) is 19.5 Å². The molecule has 3 rings (SSSR count). The first-order valence-electron chi connectivity index (χ1n) is 6.12. The summed E-state index contributed by atoms with van der Waals surface area (Å²) >= 11 is 0. The number of nitrogens with zero attached hydrogens (tertiary/aromatic N) is 1. The van der Waals surface area contributed by atoms with Gasteiger partial charge in [0.15, 0.2) is 0 Å². The van der Waals surface area contributed by atoms with Gasteiger partial charge < -0.3 is 4.90 Å². The average molecular weight is 192 g/mol. The van der Waals surface area contributed by atoms with Crippen molar-refractivity contribution in [3.8, 4) is 0 Å². The Morgan fingerprint density at radius 1 is 1.21 bits per heavy atom. The first-order valence-corrected chi connectivity index (χ1v) is 6.12. The molecule has 0 amide bonds. The van der Waals surface area contributed by atoms with Crippen LogP contribution in [0.5, 0.6) is 0 Å². The van der Waals surface area contributed by atoms with E-state index in [1.54, 1.807) is 0 Å². The molecule has 2 saturated carbocycles. The van der Waals surface area contributed by atoms with Crippen molar-refractivity contribution in [2.75, 3.05) is 13.1 Å². The van der Waals surface area contributed by atoms with Crippen molar-refractivity contribution >= 4 is 5.84 Å². The predicted octanol–water partition coefficient (Wildman–Crippen LogP) is 2.35. The van der Waals surface area contributed by atoms with Crippen LogP contribution in [0.25, 0.3) is 0 Å². The fourth-order valence-electron chi connectivity index (χ4n) is 4.13. The van der Waals surface area contributed by atoms with E-state index in [1.165, 1.54) is 32.4 Å². The summed E-state index contributed by atoms with van der Waals surface area (Å²) in [6, 6.07) is 0. The summed E-state index contributed by atoms with van der Waals surface area (Å²) in [5.41, 5.74) is 0. The van der Waals surface area contributed by atoms with Crippen molar-refractivity contribution in [2.45, 2.75) is 32.6 Å². The third kappa shape index (κ3) is 1.06. The minimum absolute atomic E-state index is 0.874. The Morgan fingerprint density at radius 3 is 2.29 bits per heavy atom. The van der Waals surface area contributed by atoms with E-state index in [0.29, 0.717) is 0 Å². The van der Waals surface area contributed by atoms with E-state index in [9.17, 15) is 0 Å². The lowest BCUT2D eigenvalue weighted by atomic mass is 9.82. The summed E-state index contributed by atoms with van der Waals surface area (Å²) in [7, 11) is 0. The van der Waals surface area contributed by atoms with Crippen molar-refractivity contribution in [1.29, 1.82) is 5.41 Å². The molecule has 2 aliphatic carbocycles. The Morgan fingerprint density at radius 2 is 1.79 bits per heavy atom. The Hall–Kier alpha value is -0.530. The van der Waals surface area contributed by atoms with Gasteiger partial charge in [0.2, 0.25) is 0 Å². The summed E-state index contributed by atoms with van der Waals surface area (Å²) in [6.07, 6.45) is 5.40. The molecule has 2 heteroatoms. The van der Waals surface area contributed by atoms with Crippen LogP contribution in [-0.2, 0) is 0 Å². The van der Waals surface area contributed by atoms with Gasteiger partial charge in [0.1, 0.15) is 0 Å². The van der Waals surface area contributed by atoms with Crippen molar-refractivity contribution < 1.29 is 0 Å². The van der Waals surface area contributed by atoms with Gasteiger partial charge >= 0.3 is 0 Å². The van der Waals surface area contributed by atoms with E-state index in [1.807, 2.05) is 0 Å². The highest BCUT2D eigenvalue weighted by atomic mass is 15.2. The maximum absolute atomic E-state index is 7.89. The third-order valence-corrected chi connectivity index (χ3v) is 4.85. The van der Waals surface area contributed by atoms with E-state index in [0.717, 1.165) is 35.9 Å². The number of fused-ring (bicyclic) bond motifs is 5. The molecular formula is C12H20N2. The molecule has 1 heterocycles. The number of rotatable bonds is 1. The summed E-state index contributed by atoms with van der Waals surface area (Å²) in [5.74, 6) is 4.85. The zero-order chi connectivity index (χ0) is 9.71. The highest BCUT2D eigenvalue weighted by Gasteiger charge is 2.51.